The summed E-state index contributed by atoms with van der Waals surface area (Å²) in [4.78, 5) is 11.4. The van der Waals surface area contributed by atoms with Crippen LogP contribution in [-0.2, 0) is 4.79 Å². The Labute approximate surface area is 103 Å². The standard InChI is InChI=1S/C10H20N2OS.ClH/c1-2-6-14-8-10(13)12-9-4-3-5-11-7-9;/h9,11H,2-8H2,1H3,(H,12,13);1H/t9-;/m1./s1. The molecule has 90 valence electrons. The van der Waals surface area contributed by atoms with Gasteiger partial charge >= 0.3 is 0 Å². The summed E-state index contributed by atoms with van der Waals surface area (Å²) in [5.41, 5.74) is 0. The molecule has 2 N–H and O–H groups in total. The van der Waals surface area contributed by atoms with E-state index in [0.717, 1.165) is 31.7 Å². The Morgan fingerprint density at radius 2 is 2.40 bits per heavy atom. The fourth-order valence-corrected chi connectivity index (χ4v) is 2.26. The number of piperidine rings is 1. The maximum atomic E-state index is 11.4. The topological polar surface area (TPSA) is 41.1 Å². The molecular weight excluding hydrogens is 232 g/mol. The minimum atomic E-state index is 0. The molecule has 1 heterocycles. The predicted molar refractivity (Wildman–Crippen MR) is 68.9 cm³/mol. The molecule has 1 aliphatic heterocycles. The van der Waals surface area contributed by atoms with Gasteiger partial charge in [0.15, 0.2) is 0 Å². The number of carbonyl (C=O) groups is 1. The van der Waals surface area contributed by atoms with Crippen LogP contribution in [0.15, 0.2) is 0 Å². The number of thioether (sulfide) groups is 1. The van der Waals surface area contributed by atoms with Crippen molar-refractivity contribution in [3.63, 3.8) is 0 Å². The van der Waals surface area contributed by atoms with Gasteiger partial charge in [0.25, 0.3) is 0 Å². The van der Waals surface area contributed by atoms with Crippen LogP contribution in [0.1, 0.15) is 26.2 Å². The van der Waals surface area contributed by atoms with Crippen molar-refractivity contribution in [1.82, 2.24) is 10.6 Å². The van der Waals surface area contributed by atoms with Crippen LogP contribution in [0.2, 0.25) is 0 Å². The third-order valence-corrected chi connectivity index (χ3v) is 3.41. The van der Waals surface area contributed by atoms with E-state index in [4.69, 9.17) is 0 Å². The van der Waals surface area contributed by atoms with Crippen molar-refractivity contribution in [2.45, 2.75) is 32.2 Å². The average molecular weight is 253 g/mol. The third-order valence-electron chi connectivity index (χ3n) is 2.24. The van der Waals surface area contributed by atoms with E-state index in [2.05, 4.69) is 17.6 Å². The van der Waals surface area contributed by atoms with Crippen LogP contribution in [0.5, 0.6) is 0 Å². The molecule has 0 spiro atoms. The van der Waals surface area contributed by atoms with E-state index >= 15 is 0 Å². The van der Waals surface area contributed by atoms with Gasteiger partial charge in [-0.3, -0.25) is 4.79 Å². The smallest absolute Gasteiger partial charge is 0.230 e. The van der Waals surface area contributed by atoms with Gasteiger partial charge in [-0.2, -0.15) is 11.8 Å². The van der Waals surface area contributed by atoms with E-state index in [-0.39, 0.29) is 18.3 Å². The van der Waals surface area contributed by atoms with Crippen LogP contribution in [0.3, 0.4) is 0 Å². The summed E-state index contributed by atoms with van der Waals surface area (Å²) < 4.78 is 0. The SMILES string of the molecule is CCCSCC(=O)N[C@@H]1CCCNC1.Cl. The van der Waals surface area contributed by atoms with Gasteiger partial charge in [0.05, 0.1) is 5.75 Å². The number of amides is 1. The van der Waals surface area contributed by atoms with Crippen molar-refractivity contribution < 1.29 is 4.79 Å². The molecule has 1 rings (SSSR count). The molecule has 1 atom stereocenters. The van der Waals surface area contributed by atoms with E-state index in [1.807, 2.05) is 0 Å². The summed E-state index contributed by atoms with van der Waals surface area (Å²) in [6, 6.07) is 0.360. The quantitative estimate of drug-likeness (QED) is 0.728. The zero-order valence-electron chi connectivity index (χ0n) is 9.25. The van der Waals surface area contributed by atoms with Gasteiger partial charge in [0, 0.05) is 12.6 Å². The molecule has 5 heteroatoms. The minimum Gasteiger partial charge on any atom is -0.351 e. The number of hydrogen-bond acceptors (Lipinski definition) is 3. The summed E-state index contributed by atoms with van der Waals surface area (Å²) in [5, 5.41) is 6.34. The largest absolute Gasteiger partial charge is 0.351 e. The molecule has 0 bridgehead atoms. The first kappa shape index (κ1) is 15.1. The van der Waals surface area contributed by atoms with Gasteiger partial charge < -0.3 is 10.6 Å². The Morgan fingerprint density at radius 1 is 1.60 bits per heavy atom. The lowest BCUT2D eigenvalue weighted by atomic mass is 10.1. The van der Waals surface area contributed by atoms with E-state index < -0.39 is 0 Å². The molecule has 0 aromatic rings. The highest BCUT2D eigenvalue weighted by Crippen LogP contribution is 2.04. The van der Waals surface area contributed by atoms with Crippen LogP contribution < -0.4 is 10.6 Å². The van der Waals surface area contributed by atoms with Gasteiger partial charge in [0.2, 0.25) is 5.91 Å². The second-order valence-electron chi connectivity index (χ2n) is 3.66. The first-order chi connectivity index (χ1) is 6.83. The van der Waals surface area contributed by atoms with Crippen molar-refractivity contribution in [3.8, 4) is 0 Å². The molecule has 0 aromatic heterocycles. The molecule has 1 saturated heterocycles. The molecule has 0 aromatic carbocycles. The Bertz CT molecular complexity index is 175. The van der Waals surface area contributed by atoms with E-state index in [1.54, 1.807) is 11.8 Å². The molecule has 3 nitrogen and oxygen atoms in total. The molecule has 0 radical (unpaired) electrons. The van der Waals surface area contributed by atoms with Crippen molar-refractivity contribution in [1.29, 1.82) is 0 Å². The third kappa shape index (κ3) is 7.03. The number of hydrogen-bond donors (Lipinski definition) is 2. The summed E-state index contributed by atoms with van der Waals surface area (Å²) in [7, 11) is 0. The molecule has 15 heavy (non-hydrogen) atoms. The van der Waals surface area contributed by atoms with E-state index in [1.165, 1.54) is 6.42 Å². The van der Waals surface area contributed by atoms with Crippen molar-refractivity contribution in [3.05, 3.63) is 0 Å². The Morgan fingerprint density at radius 3 is 3.00 bits per heavy atom. The summed E-state index contributed by atoms with van der Waals surface area (Å²) in [6.45, 7) is 4.16. The van der Waals surface area contributed by atoms with Crippen LogP contribution in [0.4, 0.5) is 0 Å². The number of nitrogens with one attached hydrogen (secondary N) is 2. The highest BCUT2D eigenvalue weighted by atomic mass is 35.5. The maximum Gasteiger partial charge on any atom is 0.230 e. The Hall–Kier alpha value is 0.0700. The normalized spacial score (nSPS) is 20.5. The van der Waals surface area contributed by atoms with Crippen LogP contribution >= 0.6 is 24.2 Å². The minimum absolute atomic E-state index is 0. The number of rotatable bonds is 5. The Balaban J connectivity index is 0.00000196. The van der Waals surface area contributed by atoms with Gasteiger partial charge in [-0.05, 0) is 31.6 Å². The van der Waals surface area contributed by atoms with Gasteiger partial charge in [-0.15, -0.1) is 12.4 Å². The zero-order chi connectivity index (χ0) is 10.2. The lowest BCUT2D eigenvalue weighted by Gasteiger charge is -2.23. The van der Waals surface area contributed by atoms with Crippen molar-refractivity contribution in [2.75, 3.05) is 24.6 Å². The first-order valence-electron chi connectivity index (χ1n) is 5.40. The average Bonchev–Trinajstić information content (AvgIpc) is 2.20. The maximum absolute atomic E-state index is 11.4. The van der Waals surface area contributed by atoms with Gasteiger partial charge in [-0.1, -0.05) is 6.92 Å². The molecule has 0 aliphatic carbocycles. The molecule has 0 unspecified atom stereocenters. The fraction of sp³-hybridized carbons (Fsp3) is 0.900. The number of carbonyl (C=O) groups excluding carboxylic acids is 1. The van der Waals surface area contributed by atoms with E-state index in [9.17, 15) is 4.79 Å². The molecule has 0 saturated carbocycles. The van der Waals surface area contributed by atoms with Crippen LogP contribution in [0, 0.1) is 0 Å². The Kier molecular flexibility index (Phi) is 9.35. The molecule has 1 aliphatic rings. The lowest BCUT2D eigenvalue weighted by molar-refractivity contribution is -0.119. The summed E-state index contributed by atoms with van der Waals surface area (Å²) in [6.07, 6.45) is 3.44. The van der Waals surface area contributed by atoms with Gasteiger partial charge in [0.1, 0.15) is 0 Å². The number of halogens is 1. The zero-order valence-corrected chi connectivity index (χ0v) is 10.9. The van der Waals surface area contributed by atoms with Crippen LogP contribution in [-0.4, -0.2) is 36.5 Å². The van der Waals surface area contributed by atoms with E-state index in [0.29, 0.717) is 11.8 Å². The highest BCUT2D eigenvalue weighted by molar-refractivity contribution is 7.99. The lowest BCUT2D eigenvalue weighted by Crippen LogP contribution is -2.46. The fourth-order valence-electron chi connectivity index (χ4n) is 1.55. The predicted octanol–water partition coefficient (Wildman–Crippen LogP) is 1.42. The monoisotopic (exact) mass is 252 g/mol. The molecular formula is C10H21ClN2OS. The second-order valence-corrected chi connectivity index (χ2v) is 4.77. The summed E-state index contributed by atoms with van der Waals surface area (Å²) in [5.74, 6) is 1.89. The van der Waals surface area contributed by atoms with Crippen molar-refractivity contribution in [2.24, 2.45) is 0 Å². The summed E-state index contributed by atoms with van der Waals surface area (Å²) >= 11 is 1.72. The first-order valence-corrected chi connectivity index (χ1v) is 6.56. The molecule has 1 amide bonds. The van der Waals surface area contributed by atoms with Crippen molar-refractivity contribution >= 4 is 30.1 Å². The van der Waals surface area contributed by atoms with Gasteiger partial charge in [-0.25, -0.2) is 0 Å². The second kappa shape index (κ2) is 9.31. The highest BCUT2D eigenvalue weighted by Gasteiger charge is 2.14. The van der Waals surface area contributed by atoms with Crippen LogP contribution in [0.25, 0.3) is 0 Å². The molecule has 1 fully saturated rings.